The molecular weight excluding hydrogens is 338 g/mol. The van der Waals surface area contributed by atoms with Gasteiger partial charge in [0.25, 0.3) is 0 Å². The summed E-state index contributed by atoms with van der Waals surface area (Å²) in [6.07, 6.45) is 2.22. The largest absolute Gasteiger partial charge is 0.492 e. The number of aldehydes is 1. The first-order chi connectivity index (χ1) is 12.2. The van der Waals surface area contributed by atoms with Crippen molar-refractivity contribution < 1.29 is 14.3 Å². The molecule has 0 atom stereocenters. The fourth-order valence-electron chi connectivity index (χ4n) is 2.43. The smallest absolute Gasteiger partial charge is 0.219 e. The van der Waals surface area contributed by atoms with Crippen LogP contribution in [0.15, 0.2) is 48.5 Å². The number of ether oxygens (including phenoxy) is 2. The summed E-state index contributed by atoms with van der Waals surface area (Å²) in [6, 6.07) is 14.8. The molecule has 3 aromatic rings. The molecule has 0 bridgehead atoms. The van der Waals surface area contributed by atoms with E-state index in [1.807, 2.05) is 31.2 Å². The van der Waals surface area contributed by atoms with Gasteiger partial charge in [-0.2, -0.15) is 0 Å². The van der Waals surface area contributed by atoms with Gasteiger partial charge in [-0.15, -0.1) is 0 Å². The summed E-state index contributed by atoms with van der Waals surface area (Å²) in [4.78, 5) is 15.1. The van der Waals surface area contributed by atoms with Crippen LogP contribution in [0, 0.1) is 0 Å². The van der Waals surface area contributed by atoms with E-state index >= 15 is 0 Å². The summed E-state index contributed by atoms with van der Waals surface area (Å²) in [7, 11) is 0. The zero-order valence-electron chi connectivity index (χ0n) is 13.9. The van der Waals surface area contributed by atoms with Crippen molar-refractivity contribution >= 4 is 28.8 Å². The van der Waals surface area contributed by atoms with E-state index in [1.165, 1.54) is 0 Å². The molecule has 0 aliphatic carbocycles. The topological polar surface area (TPSA) is 48.4 Å². The van der Waals surface area contributed by atoms with Crippen LogP contribution in [0.2, 0.25) is 5.02 Å². The molecule has 2 aromatic carbocycles. The molecular formula is C20H18ClNO3. The number of pyridine rings is 1. The summed E-state index contributed by atoms with van der Waals surface area (Å²) in [5, 5.41) is 1.47. The maximum Gasteiger partial charge on any atom is 0.219 e. The summed E-state index contributed by atoms with van der Waals surface area (Å²) < 4.78 is 11.3. The zero-order valence-corrected chi connectivity index (χ0v) is 14.6. The van der Waals surface area contributed by atoms with Gasteiger partial charge in [0.15, 0.2) is 0 Å². The number of hydrogen-bond donors (Lipinski definition) is 0. The standard InChI is InChI=1S/C20H18ClNO3/c1-2-11-24-19-7-5-16(13-17(19)21)25-20-8-4-15-12-14(9-10-23)3-6-18(15)22-20/h3-8,10,12-13H,2,9,11H2,1H3. The second kappa shape index (κ2) is 7.99. The Morgan fingerprint density at radius 1 is 1.12 bits per heavy atom. The highest BCUT2D eigenvalue weighted by atomic mass is 35.5. The maximum atomic E-state index is 10.6. The fraction of sp³-hybridized carbons (Fsp3) is 0.200. The van der Waals surface area contributed by atoms with Crippen molar-refractivity contribution in [2.45, 2.75) is 19.8 Å². The highest BCUT2D eigenvalue weighted by molar-refractivity contribution is 6.32. The Hall–Kier alpha value is -2.59. The molecule has 0 saturated carbocycles. The molecule has 1 heterocycles. The van der Waals surface area contributed by atoms with E-state index in [0.29, 0.717) is 35.4 Å². The lowest BCUT2D eigenvalue weighted by molar-refractivity contribution is -0.107. The van der Waals surface area contributed by atoms with E-state index in [2.05, 4.69) is 4.98 Å². The number of fused-ring (bicyclic) bond motifs is 1. The Balaban J connectivity index is 1.79. The number of aromatic nitrogens is 1. The summed E-state index contributed by atoms with van der Waals surface area (Å²) in [5.41, 5.74) is 1.77. The molecule has 25 heavy (non-hydrogen) atoms. The third-order valence-electron chi connectivity index (χ3n) is 3.63. The minimum atomic E-state index is 0.402. The summed E-state index contributed by atoms with van der Waals surface area (Å²) in [5.74, 6) is 1.72. The van der Waals surface area contributed by atoms with Gasteiger partial charge in [0.2, 0.25) is 5.88 Å². The van der Waals surface area contributed by atoms with Gasteiger partial charge in [0.05, 0.1) is 17.1 Å². The van der Waals surface area contributed by atoms with Crippen LogP contribution in [0.1, 0.15) is 18.9 Å². The SMILES string of the molecule is CCCOc1ccc(Oc2ccc3cc(CC=O)ccc3n2)cc1Cl. The second-order valence-electron chi connectivity index (χ2n) is 5.59. The quantitative estimate of drug-likeness (QED) is 0.546. The molecule has 3 rings (SSSR count). The molecule has 0 aliphatic rings. The molecule has 0 spiro atoms. The molecule has 1 aromatic heterocycles. The van der Waals surface area contributed by atoms with Crippen molar-refractivity contribution in [2.24, 2.45) is 0 Å². The lowest BCUT2D eigenvalue weighted by Gasteiger charge is -2.10. The Bertz CT molecular complexity index is 895. The molecule has 0 fully saturated rings. The van der Waals surface area contributed by atoms with Gasteiger partial charge >= 0.3 is 0 Å². The first-order valence-corrected chi connectivity index (χ1v) is 8.51. The Morgan fingerprint density at radius 3 is 2.76 bits per heavy atom. The van der Waals surface area contributed by atoms with Crippen LogP contribution in [-0.4, -0.2) is 17.9 Å². The monoisotopic (exact) mass is 355 g/mol. The van der Waals surface area contributed by atoms with Crippen LogP contribution in [-0.2, 0) is 11.2 Å². The van der Waals surface area contributed by atoms with Crippen LogP contribution in [0.3, 0.4) is 0 Å². The zero-order chi connectivity index (χ0) is 17.6. The number of carbonyl (C=O) groups excluding carboxylic acids is 1. The van der Waals surface area contributed by atoms with Gasteiger partial charge in [-0.1, -0.05) is 24.6 Å². The van der Waals surface area contributed by atoms with Gasteiger partial charge < -0.3 is 14.3 Å². The van der Waals surface area contributed by atoms with E-state index in [0.717, 1.165) is 29.2 Å². The Labute approximate surface area is 151 Å². The molecule has 0 saturated heterocycles. The van der Waals surface area contributed by atoms with Crippen molar-refractivity contribution in [3.63, 3.8) is 0 Å². The van der Waals surface area contributed by atoms with Gasteiger partial charge in [-0.05, 0) is 42.3 Å². The van der Waals surface area contributed by atoms with Crippen LogP contribution in [0.4, 0.5) is 0 Å². The van der Waals surface area contributed by atoms with Gasteiger partial charge in [-0.3, -0.25) is 0 Å². The number of carbonyl (C=O) groups is 1. The third-order valence-corrected chi connectivity index (χ3v) is 3.93. The van der Waals surface area contributed by atoms with Gasteiger partial charge in [0, 0.05) is 23.9 Å². The van der Waals surface area contributed by atoms with Crippen LogP contribution in [0.25, 0.3) is 10.9 Å². The summed E-state index contributed by atoms with van der Waals surface area (Å²) in [6.45, 7) is 2.66. The number of rotatable bonds is 7. The Morgan fingerprint density at radius 2 is 2.00 bits per heavy atom. The molecule has 0 N–H and O–H groups in total. The normalized spacial score (nSPS) is 10.6. The van der Waals surface area contributed by atoms with Crippen molar-refractivity contribution in [1.29, 1.82) is 0 Å². The van der Waals surface area contributed by atoms with E-state index in [4.69, 9.17) is 21.1 Å². The molecule has 0 amide bonds. The highest BCUT2D eigenvalue weighted by Crippen LogP contribution is 2.31. The second-order valence-corrected chi connectivity index (χ2v) is 6.00. The minimum absolute atomic E-state index is 0.402. The summed E-state index contributed by atoms with van der Waals surface area (Å²) >= 11 is 6.22. The highest BCUT2D eigenvalue weighted by Gasteiger charge is 2.06. The molecule has 128 valence electrons. The maximum absolute atomic E-state index is 10.6. The van der Waals surface area contributed by atoms with Crippen molar-refractivity contribution in [2.75, 3.05) is 6.61 Å². The van der Waals surface area contributed by atoms with E-state index in [9.17, 15) is 4.79 Å². The van der Waals surface area contributed by atoms with Crippen molar-refractivity contribution in [1.82, 2.24) is 4.98 Å². The van der Waals surface area contributed by atoms with Crippen molar-refractivity contribution in [3.8, 4) is 17.4 Å². The van der Waals surface area contributed by atoms with Crippen LogP contribution >= 0.6 is 11.6 Å². The number of nitrogens with zero attached hydrogens (tertiary/aromatic N) is 1. The van der Waals surface area contributed by atoms with E-state index in [1.54, 1.807) is 24.3 Å². The van der Waals surface area contributed by atoms with Gasteiger partial charge in [-0.25, -0.2) is 4.98 Å². The lowest BCUT2D eigenvalue weighted by Crippen LogP contribution is -1.96. The average Bonchev–Trinajstić information content (AvgIpc) is 2.61. The predicted molar refractivity (Wildman–Crippen MR) is 98.8 cm³/mol. The fourth-order valence-corrected chi connectivity index (χ4v) is 2.66. The average molecular weight is 356 g/mol. The van der Waals surface area contributed by atoms with E-state index < -0.39 is 0 Å². The molecule has 4 nitrogen and oxygen atoms in total. The molecule has 0 unspecified atom stereocenters. The third kappa shape index (κ3) is 4.28. The minimum Gasteiger partial charge on any atom is -0.492 e. The predicted octanol–water partition coefficient (Wildman–Crippen LogP) is 5.21. The van der Waals surface area contributed by atoms with Gasteiger partial charge in [0.1, 0.15) is 17.8 Å². The van der Waals surface area contributed by atoms with Crippen LogP contribution < -0.4 is 9.47 Å². The first-order valence-electron chi connectivity index (χ1n) is 8.13. The van der Waals surface area contributed by atoms with Crippen molar-refractivity contribution in [3.05, 3.63) is 59.1 Å². The molecule has 0 radical (unpaired) electrons. The van der Waals surface area contributed by atoms with E-state index in [-0.39, 0.29) is 0 Å². The lowest BCUT2D eigenvalue weighted by atomic mass is 10.1. The van der Waals surface area contributed by atoms with Crippen LogP contribution in [0.5, 0.6) is 17.4 Å². The molecule has 0 aliphatic heterocycles. The number of hydrogen-bond acceptors (Lipinski definition) is 4. The number of halogens is 1. The first kappa shape index (κ1) is 17.2. The Kier molecular flexibility index (Phi) is 5.51. The molecule has 5 heteroatoms. The number of benzene rings is 2.